The molecule has 1 atom stereocenters. The molecule has 0 saturated heterocycles. The van der Waals surface area contributed by atoms with Crippen molar-refractivity contribution in [2.24, 2.45) is 0 Å². The van der Waals surface area contributed by atoms with Crippen LogP contribution in [0.2, 0.25) is 0 Å². The smallest absolute Gasteiger partial charge is 0.197 e. The Labute approximate surface area is 124 Å². The Bertz CT molecular complexity index is 555. The molecule has 0 aromatic heterocycles. The maximum atomic E-state index is 5.74. The van der Waals surface area contributed by atoms with Crippen molar-refractivity contribution < 1.29 is 9.47 Å². The minimum absolute atomic E-state index is 0.251. The molecule has 96 valence electrons. The van der Waals surface area contributed by atoms with Gasteiger partial charge in [0.05, 0.1) is 4.47 Å². The number of ether oxygens (including phenoxy) is 2. The Morgan fingerprint density at radius 1 is 1.17 bits per heavy atom. The number of hydrogen-bond donors (Lipinski definition) is 0. The van der Waals surface area contributed by atoms with E-state index >= 15 is 0 Å². The fraction of sp³-hybridized carbons (Fsp3) is 0.286. The van der Waals surface area contributed by atoms with Crippen molar-refractivity contribution in [2.45, 2.75) is 20.1 Å². The second-order valence-electron chi connectivity index (χ2n) is 3.88. The highest BCUT2D eigenvalue weighted by atomic mass is 79.9. The molecular weight excluding hydrogens is 360 g/mol. The first kappa shape index (κ1) is 13.8. The Morgan fingerprint density at radius 2 is 1.94 bits per heavy atom. The number of halogens is 2. The molecule has 0 bridgehead atoms. The topological polar surface area (TPSA) is 18.5 Å². The molecule has 0 radical (unpaired) electrons. The molecule has 2 aromatic carbocycles. The van der Waals surface area contributed by atoms with E-state index in [0.717, 1.165) is 25.5 Å². The van der Waals surface area contributed by atoms with Crippen LogP contribution in [0.5, 0.6) is 5.75 Å². The minimum atomic E-state index is -0.251. The van der Waals surface area contributed by atoms with Crippen molar-refractivity contribution in [3.05, 3.63) is 39.3 Å². The number of rotatable bonds is 4. The highest BCUT2D eigenvalue weighted by Crippen LogP contribution is 2.34. The lowest BCUT2D eigenvalue weighted by molar-refractivity contribution is -0.0616. The highest BCUT2D eigenvalue weighted by molar-refractivity contribution is 9.11. The molecular formula is C14H14Br2O2. The summed E-state index contributed by atoms with van der Waals surface area (Å²) in [7, 11) is 0. The van der Waals surface area contributed by atoms with Gasteiger partial charge in [0.25, 0.3) is 0 Å². The summed E-state index contributed by atoms with van der Waals surface area (Å²) in [5.74, 6) is 0.797. The summed E-state index contributed by atoms with van der Waals surface area (Å²) in [5, 5.41) is 2.28. The Balaban J connectivity index is 2.36. The molecule has 2 aromatic rings. The van der Waals surface area contributed by atoms with Crippen molar-refractivity contribution in [1.82, 2.24) is 0 Å². The lowest BCUT2D eigenvalue weighted by atomic mass is 10.1. The van der Waals surface area contributed by atoms with Gasteiger partial charge in [-0.2, -0.15) is 0 Å². The molecule has 0 amide bonds. The molecule has 0 aliphatic carbocycles. The molecule has 0 aliphatic heterocycles. The normalized spacial score (nSPS) is 12.7. The quantitative estimate of drug-likeness (QED) is 0.692. The van der Waals surface area contributed by atoms with Crippen LogP contribution in [-0.2, 0) is 4.74 Å². The molecule has 18 heavy (non-hydrogen) atoms. The molecule has 1 unspecified atom stereocenters. The monoisotopic (exact) mass is 372 g/mol. The molecule has 0 N–H and O–H groups in total. The van der Waals surface area contributed by atoms with Gasteiger partial charge in [0.15, 0.2) is 6.29 Å². The van der Waals surface area contributed by atoms with Crippen LogP contribution in [0.1, 0.15) is 13.8 Å². The first-order valence-electron chi connectivity index (χ1n) is 5.78. The van der Waals surface area contributed by atoms with E-state index in [-0.39, 0.29) is 6.29 Å². The number of benzene rings is 2. The lowest BCUT2D eigenvalue weighted by Crippen LogP contribution is -2.16. The van der Waals surface area contributed by atoms with Gasteiger partial charge in [0.1, 0.15) is 5.75 Å². The van der Waals surface area contributed by atoms with E-state index in [1.54, 1.807) is 0 Å². The third-order valence-electron chi connectivity index (χ3n) is 2.57. The van der Waals surface area contributed by atoms with Gasteiger partial charge >= 0.3 is 0 Å². The van der Waals surface area contributed by atoms with E-state index in [2.05, 4.69) is 44.0 Å². The second-order valence-corrected chi connectivity index (χ2v) is 5.59. The summed E-state index contributed by atoms with van der Waals surface area (Å²) in [5.41, 5.74) is 0. The van der Waals surface area contributed by atoms with Gasteiger partial charge in [-0.05, 0) is 58.7 Å². The molecule has 0 heterocycles. The minimum Gasteiger partial charge on any atom is -0.464 e. The van der Waals surface area contributed by atoms with Crippen LogP contribution in [0.25, 0.3) is 10.8 Å². The average Bonchev–Trinajstić information content (AvgIpc) is 2.33. The van der Waals surface area contributed by atoms with E-state index in [1.165, 1.54) is 0 Å². The number of hydrogen-bond acceptors (Lipinski definition) is 2. The molecule has 4 heteroatoms. The van der Waals surface area contributed by atoms with Gasteiger partial charge < -0.3 is 9.47 Å². The largest absolute Gasteiger partial charge is 0.464 e. The highest BCUT2D eigenvalue weighted by Gasteiger charge is 2.09. The van der Waals surface area contributed by atoms with Crippen molar-refractivity contribution in [1.29, 1.82) is 0 Å². The summed E-state index contributed by atoms with van der Waals surface area (Å²) in [6.07, 6.45) is -0.251. The van der Waals surface area contributed by atoms with E-state index in [4.69, 9.17) is 9.47 Å². The van der Waals surface area contributed by atoms with E-state index in [0.29, 0.717) is 6.61 Å². The predicted octanol–water partition coefficient (Wildman–Crippen LogP) is 5.13. The van der Waals surface area contributed by atoms with E-state index in [9.17, 15) is 0 Å². The summed E-state index contributed by atoms with van der Waals surface area (Å²) >= 11 is 7.06. The van der Waals surface area contributed by atoms with Gasteiger partial charge in [-0.15, -0.1) is 0 Å². The Hall–Kier alpha value is -0.580. The van der Waals surface area contributed by atoms with Crippen LogP contribution in [0, 0.1) is 0 Å². The summed E-state index contributed by atoms with van der Waals surface area (Å²) < 4.78 is 13.1. The first-order valence-corrected chi connectivity index (χ1v) is 7.36. The van der Waals surface area contributed by atoms with Crippen LogP contribution in [0.3, 0.4) is 0 Å². The van der Waals surface area contributed by atoms with Crippen LogP contribution in [0.4, 0.5) is 0 Å². The van der Waals surface area contributed by atoms with Crippen LogP contribution < -0.4 is 4.74 Å². The SMILES string of the molecule is CCOC(C)Oc1ccc2cc(Br)ccc2c1Br. The zero-order chi connectivity index (χ0) is 13.1. The summed E-state index contributed by atoms with van der Waals surface area (Å²) in [6.45, 7) is 4.48. The lowest BCUT2D eigenvalue weighted by Gasteiger charge is -2.16. The summed E-state index contributed by atoms with van der Waals surface area (Å²) in [4.78, 5) is 0. The fourth-order valence-corrected chi connectivity index (χ4v) is 2.75. The predicted molar refractivity (Wildman–Crippen MR) is 81.1 cm³/mol. The molecule has 2 nitrogen and oxygen atoms in total. The molecule has 0 aliphatic rings. The molecule has 0 spiro atoms. The van der Waals surface area contributed by atoms with Crippen LogP contribution in [-0.4, -0.2) is 12.9 Å². The Kier molecular flexibility index (Phi) is 4.65. The Morgan fingerprint density at radius 3 is 2.67 bits per heavy atom. The van der Waals surface area contributed by atoms with Gasteiger partial charge in [-0.3, -0.25) is 0 Å². The second kappa shape index (κ2) is 6.04. The zero-order valence-electron chi connectivity index (χ0n) is 10.2. The van der Waals surface area contributed by atoms with Crippen molar-refractivity contribution >= 4 is 42.6 Å². The summed E-state index contributed by atoms with van der Waals surface area (Å²) in [6, 6.07) is 10.1. The van der Waals surface area contributed by atoms with Crippen molar-refractivity contribution in [3.8, 4) is 5.75 Å². The third-order valence-corrected chi connectivity index (χ3v) is 3.89. The van der Waals surface area contributed by atoms with Crippen LogP contribution in [0.15, 0.2) is 39.3 Å². The van der Waals surface area contributed by atoms with Gasteiger partial charge in [-0.1, -0.05) is 28.1 Å². The molecule has 0 saturated carbocycles. The average molecular weight is 374 g/mol. The first-order chi connectivity index (χ1) is 8.61. The maximum absolute atomic E-state index is 5.74. The van der Waals surface area contributed by atoms with Gasteiger partial charge in [-0.25, -0.2) is 0 Å². The van der Waals surface area contributed by atoms with E-state index in [1.807, 2.05) is 32.0 Å². The standard InChI is InChI=1S/C14H14Br2O2/c1-3-17-9(2)18-13-7-4-10-8-11(15)5-6-12(10)14(13)16/h4-9H,3H2,1-2H3. The maximum Gasteiger partial charge on any atom is 0.197 e. The van der Waals surface area contributed by atoms with Crippen LogP contribution >= 0.6 is 31.9 Å². The zero-order valence-corrected chi connectivity index (χ0v) is 13.4. The fourth-order valence-electron chi connectivity index (χ4n) is 1.78. The number of fused-ring (bicyclic) bond motifs is 1. The van der Waals surface area contributed by atoms with Gasteiger partial charge in [0, 0.05) is 11.1 Å². The van der Waals surface area contributed by atoms with Crippen molar-refractivity contribution in [2.75, 3.05) is 6.61 Å². The van der Waals surface area contributed by atoms with Gasteiger partial charge in [0.2, 0.25) is 0 Å². The van der Waals surface area contributed by atoms with E-state index < -0.39 is 0 Å². The van der Waals surface area contributed by atoms with Crippen molar-refractivity contribution in [3.63, 3.8) is 0 Å². The molecule has 0 fully saturated rings. The third kappa shape index (κ3) is 3.05. The molecule has 2 rings (SSSR count).